The first-order chi connectivity index (χ1) is 16.6. The van der Waals surface area contributed by atoms with Gasteiger partial charge in [-0.2, -0.15) is 0 Å². The number of fused-ring (bicyclic) bond motifs is 1. The van der Waals surface area contributed by atoms with Crippen molar-refractivity contribution >= 4 is 51.6 Å². The topological polar surface area (TPSA) is 70.6 Å². The summed E-state index contributed by atoms with van der Waals surface area (Å²) in [7, 11) is 0. The fourth-order valence-electron chi connectivity index (χ4n) is 3.89. The van der Waals surface area contributed by atoms with Crippen LogP contribution >= 0.6 is 23.2 Å². The molecule has 0 spiro atoms. The van der Waals surface area contributed by atoms with Crippen molar-refractivity contribution in [3.8, 4) is 11.5 Å². The molecule has 1 saturated heterocycles. The van der Waals surface area contributed by atoms with E-state index >= 15 is 0 Å². The zero-order chi connectivity index (χ0) is 23.5. The quantitative estimate of drug-likeness (QED) is 0.372. The second-order valence-electron chi connectivity index (χ2n) is 7.82. The number of hydrogen-bond donors (Lipinski definition) is 1. The molecule has 0 bridgehead atoms. The van der Waals surface area contributed by atoms with Crippen molar-refractivity contribution in [2.75, 3.05) is 36.4 Å². The number of aromatic nitrogens is 2. The molecule has 9 heteroatoms. The monoisotopic (exact) mass is 493 g/mol. The van der Waals surface area contributed by atoms with Crippen molar-refractivity contribution in [3.63, 3.8) is 0 Å². The fraction of sp³-hybridized carbons (Fsp3) is 0.160. The number of piperazine rings is 1. The molecule has 1 aliphatic heterocycles. The summed E-state index contributed by atoms with van der Waals surface area (Å²) in [5.41, 5.74) is 1.37. The lowest BCUT2D eigenvalue weighted by Crippen LogP contribution is -2.50. The van der Waals surface area contributed by atoms with Crippen LogP contribution in [0.2, 0.25) is 10.0 Å². The number of anilines is 2. The summed E-state index contributed by atoms with van der Waals surface area (Å²) < 4.78 is 5.80. The van der Waals surface area contributed by atoms with E-state index in [9.17, 15) is 4.79 Å². The van der Waals surface area contributed by atoms with Crippen LogP contribution in [0.4, 0.5) is 16.3 Å². The van der Waals surface area contributed by atoms with Crippen LogP contribution < -0.4 is 15.0 Å². The van der Waals surface area contributed by atoms with E-state index < -0.39 is 0 Å². The van der Waals surface area contributed by atoms with Gasteiger partial charge in [-0.3, -0.25) is 0 Å². The third-order valence-electron chi connectivity index (χ3n) is 5.59. The molecule has 7 nitrogen and oxygen atoms in total. The summed E-state index contributed by atoms with van der Waals surface area (Å²) in [6.45, 7) is 2.38. The van der Waals surface area contributed by atoms with Gasteiger partial charge in [0.1, 0.15) is 23.6 Å². The van der Waals surface area contributed by atoms with Gasteiger partial charge in [0.25, 0.3) is 0 Å². The van der Waals surface area contributed by atoms with Gasteiger partial charge >= 0.3 is 6.03 Å². The first-order valence-corrected chi connectivity index (χ1v) is 11.6. The molecule has 172 valence electrons. The molecule has 1 fully saturated rings. The Morgan fingerprint density at radius 2 is 1.59 bits per heavy atom. The summed E-state index contributed by atoms with van der Waals surface area (Å²) in [5.74, 6) is 2.23. The van der Waals surface area contributed by atoms with E-state index in [0.29, 0.717) is 53.2 Å². The van der Waals surface area contributed by atoms with Crippen LogP contribution in [0.1, 0.15) is 0 Å². The number of ether oxygens (including phenoxy) is 1. The predicted molar refractivity (Wildman–Crippen MR) is 135 cm³/mol. The molecular weight excluding hydrogens is 473 g/mol. The normalized spacial score (nSPS) is 13.7. The van der Waals surface area contributed by atoms with Crippen LogP contribution in [-0.4, -0.2) is 47.1 Å². The van der Waals surface area contributed by atoms with Crippen LogP contribution in [0.5, 0.6) is 11.5 Å². The van der Waals surface area contributed by atoms with E-state index in [-0.39, 0.29) is 6.03 Å². The zero-order valence-electron chi connectivity index (χ0n) is 18.1. The second kappa shape index (κ2) is 9.75. The molecule has 0 atom stereocenters. The van der Waals surface area contributed by atoms with Gasteiger partial charge in [-0.05, 0) is 48.5 Å². The minimum Gasteiger partial charge on any atom is -0.457 e. The first kappa shape index (κ1) is 22.3. The second-order valence-corrected chi connectivity index (χ2v) is 8.67. The lowest BCUT2D eigenvalue weighted by atomic mass is 10.2. The summed E-state index contributed by atoms with van der Waals surface area (Å²) in [4.78, 5) is 25.4. The number of urea groups is 1. The molecule has 0 saturated carbocycles. The van der Waals surface area contributed by atoms with Crippen LogP contribution in [0.3, 0.4) is 0 Å². The molecule has 2 heterocycles. The van der Waals surface area contributed by atoms with E-state index in [1.807, 2.05) is 60.7 Å². The first-order valence-electron chi connectivity index (χ1n) is 10.8. The van der Waals surface area contributed by atoms with Crippen molar-refractivity contribution in [2.24, 2.45) is 0 Å². The number of hydrogen-bond acceptors (Lipinski definition) is 5. The van der Waals surface area contributed by atoms with Gasteiger partial charge in [-0.25, -0.2) is 14.8 Å². The molecule has 1 N–H and O–H groups in total. The van der Waals surface area contributed by atoms with Gasteiger partial charge in [0.2, 0.25) is 0 Å². The molecule has 0 aliphatic carbocycles. The molecule has 0 radical (unpaired) electrons. The number of rotatable bonds is 4. The molecule has 0 unspecified atom stereocenters. The number of benzene rings is 3. The number of amides is 2. The Labute approximate surface area is 206 Å². The number of halogens is 2. The lowest BCUT2D eigenvalue weighted by molar-refractivity contribution is 0.208. The molecule has 34 heavy (non-hydrogen) atoms. The van der Waals surface area contributed by atoms with Gasteiger partial charge in [-0.1, -0.05) is 41.4 Å². The summed E-state index contributed by atoms with van der Waals surface area (Å²) >= 11 is 12.5. The highest BCUT2D eigenvalue weighted by atomic mass is 35.5. The Hall–Kier alpha value is -3.55. The molecule has 1 aliphatic rings. The standard InChI is InChI=1S/C25H21Cl2N5O2/c26-17-14-21-23(22(27)15-17)28-16-29-24(21)31-10-12-32(13-11-31)25(33)30-18-6-8-20(9-7-18)34-19-4-2-1-3-5-19/h1-9,14-16H,10-13H2,(H,30,33). The van der Waals surface area contributed by atoms with E-state index in [0.717, 1.165) is 17.0 Å². The Balaban J connectivity index is 1.20. The van der Waals surface area contributed by atoms with Gasteiger partial charge in [-0.15, -0.1) is 0 Å². The third-order valence-corrected chi connectivity index (χ3v) is 6.09. The minimum atomic E-state index is -0.144. The van der Waals surface area contributed by atoms with Crippen LogP contribution in [-0.2, 0) is 0 Å². The summed E-state index contributed by atoms with van der Waals surface area (Å²) in [6.07, 6.45) is 1.50. The maximum absolute atomic E-state index is 12.8. The smallest absolute Gasteiger partial charge is 0.321 e. The highest BCUT2D eigenvalue weighted by Gasteiger charge is 2.24. The zero-order valence-corrected chi connectivity index (χ0v) is 19.6. The molecule has 2 amide bonds. The van der Waals surface area contributed by atoms with Crippen molar-refractivity contribution in [1.29, 1.82) is 0 Å². The third kappa shape index (κ3) is 4.85. The Bertz CT molecular complexity index is 1310. The van der Waals surface area contributed by atoms with Gasteiger partial charge in [0.05, 0.1) is 10.5 Å². The number of nitrogens with one attached hydrogen (secondary N) is 1. The molecule has 3 aromatic carbocycles. The minimum absolute atomic E-state index is 0.144. The SMILES string of the molecule is O=C(Nc1ccc(Oc2ccccc2)cc1)N1CCN(c2ncnc3c(Cl)cc(Cl)cc23)CC1. The summed E-state index contributed by atoms with van der Waals surface area (Å²) in [5, 5.41) is 4.78. The molecular formula is C25H21Cl2N5O2. The predicted octanol–water partition coefficient (Wildman–Crippen LogP) is 6.08. The van der Waals surface area contributed by atoms with E-state index in [1.54, 1.807) is 11.0 Å². The lowest BCUT2D eigenvalue weighted by Gasteiger charge is -2.35. The van der Waals surface area contributed by atoms with Gasteiger partial charge in [0, 0.05) is 42.3 Å². The van der Waals surface area contributed by atoms with E-state index in [1.165, 1.54) is 6.33 Å². The summed E-state index contributed by atoms with van der Waals surface area (Å²) in [6, 6.07) is 20.2. The van der Waals surface area contributed by atoms with Crippen LogP contribution in [0.15, 0.2) is 73.1 Å². The van der Waals surface area contributed by atoms with Crippen molar-refractivity contribution in [1.82, 2.24) is 14.9 Å². The number of carbonyl (C=O) groups is 1. The molecule has 4 aromatic rings. The Morgan fingerprint density at radius 1 is 0.882 bits per heavy atom. The largest absolute Gasteiger partial charge is 0.457 e. The number of nitrogens with zero attached hydrogens (tertiary/aromatic N) is 4. The van der Waals surface area contributed by atoms with E-state index in [2.05, 4.69) is 20.2 Å². The molecule has 1 aromatic heterocycles. The Morgan fingerprint density at radius 3 is 2.32 bits per heavy atom. The van der Waals surface area contributed by atoms with Crippen LogP contribution in [0, 0.1) is 0 Å². The average molecular weight is 494 g/mol. The maximum Gasteiger partial charge on any atom is 0.321 e. The van der Waals surface area contributed by atoms with Gasteiger partial charge in [0.15, 0.2) is 0 Å². The Kier molecular flexibility index (Phi) is 6.38. The number of para-hydroxylation sites is 1. The van der Waals surface area contributed by atoms with Crippen molar-refractivity contribution in [3.05, 3.63) is 83.1 Å². The van der Waals surface area contributed by atoms with Crippen LogP contribution in [0.25, 0.3) is 10.9 Å². The van der Waals surface area contributed by atoms with Crippen molar-refractivity contribution in [2.45, 2.75) is 0 Å². The average Bonchev–Trinajstić information content (AvgIpc) is 2.86. The van der Waals surface area contributed by atoms with Gasteiger partial charge < -0.3 is 19.9 Å². The van der Waals surface area contributed by atoms with E-state index in [4.69, 9.17) is 27.9 Å². The highest BCUT2D eigenvalue weighted by Crippen LogP contribution is 2.32. The molecule has 5 rings (SSSR count). The maximum atomic E-state index is 12.8. The van der Waals surface area contributed by atoms with Crippen molar-refractivity contribution < 1.29 is 9.53 Å². The highest BCUT2D eigenvalue weighted by molar-refractivity contribution is 6.38. The fourth-order valence-corrected chi connectivity index (χ4v) is 4.43. The number of carbonyl (C=O) groups excluding carboxylic acids is 1.